The van der Waals surface area contributed by atoms with Gasteiger partial charge in [0.1, 0.15) is 5.82 Å². The van der Waals surface area contributed by atoms with Crippen molar-refractivity contribution in [1.29, 1.82) is 0 Å². The number of halogens is 3. The number of piperazine rings is 1. The van der Waals surface area contributed by atoms with E-state index < -0.39 is 0 Å². The molecule has 2 saturated heterocycles. The van der Waals surface area contributed by atoms with Gasteiger partial charge in [-0.25, -0.2) is 14.4 Å². The van der Waals surface area contributed by atoms with E-state index >= 15 is 0 Å². The van der Waals surface area contributed by atoms with E-state index in [0.717, 1.165) is 71.1 Å². The molecule has 0 bridgehead atoms. The number of piperidine rings is 1. The Morgan fingerprint density at radius 3 is 2.00 bits per heavy atom. The minimum Gasteiger partial charge on any atom is -0.338 e. The average molecular weight is 470 g/mol. The van der Waals surface area contributed by atoms with Gasteiger partial charge in [-0.15, -0.1) is 24.8 Å². The van der Waals surface area contributed by atoms with Gasteiger partial charge in [0.2, 0.25) is 5.95 Å². The van der Waals surface area contributed by atoms with E-state index in [2.05, 4.69) is 24.7 Å². The first-order valence-electron chi connectivity index (χ1n) is 10.5. The van der Waals surface area contributed by atoms with Crippen LogP contribution in [0.2, 0.25) is 0 Å². The van der Waals surface area contributed by atoms with Crippen LogP contribution in [0.3, 0.4) is 0 Å². The number of hydrogen-bond donors (Lipinski definition) is 0. The number of carbonyl (C=O) groups is 1. The third-order valence-corrected chi connectivity index (χ3v) is 6.03. The molecule has 0 unspecified atom stereocenters. The highest BCUT2D eigenvalue weighted by Gasteiger charge is 2.26. The van der Waals surface area contributed by atoms with Gasteiger partial charge < -0.3 is 9.80 Å². The summed E-state index contributed by atoms with van der Waals surface area (Å²) in [5.74, 6) is 0.739. The van der Waals surface area contributed by atoms with Crippen LogP contribution in [0.25, 0.3) is 0 Å². The van der Waals surface area contributed by atoms with Gasteiger partial charge in [0.05, 0.1) is 0 Å². The third-order valence-electron chi connectivity index (χ3n) is 6.03. The average Bonchev–Trinajstić information content (AvgIpc) is 2.79. The van der Waals surface area contributed by atoms with Crippen LogP contribution in [-0.2, 0) is 0 Å². The number of Topliss-reactive ketones (excluding diaryl/α,β-unsaturated/α-hetero) is 1. The second kappa shape index (κ2) is 12.3. The molecule has 0 radical (unpaired) electrons. The summed E-state index contributed by atoms with van der Waals surface area (Å²) in [6.45, 7) is 7.97. The normalized spacial score (nSPS) is 18.2. The van der Waals surface area contributed by atoms with Crippen LogP contribution in [0, 0.1) is 11.7 Å². The van der Waals surface area contributed by atoms with Crippen molar-refractivity contribution in [3.05, 3.63) is 54.1 Å². The standard InChI is InChI=1S/C22H28FN5O.2ClH/c23-20-4-2-18(3-5-20)21(29)19-6-10-26(11-7-19)12-13-27-14-16-28(17-15-27)22-24-8-1-9-25-22;;/h1-5,8-9,19H,6-7,10-17H2;2*1H. The smallest absolute Gasteiger partial charge is 0.225 e. The second-order valence-corrected chi connectivity index (χ2v) is 7.86. The Labute approximate surface area is 195 Å². The molecule has 6 nitrogen and oxygen atoms in total. The minimum atomic E-state index is -0.298. The number of ketones is 1. The van der Waals surface area contributed by atoms with Crippen LogP contribution in [0.4, 0.5) is 10.3 Å². The quantitative estimate of drug-likeness (QED) is 0.605. The summed E-state index contributed by atoms with van der Waals surface area (Å²) in [5.41, 5.74) is 0.630. The lowest BCUT2D eigenvalue weighted by Crippen LogP contribution is -2.49. The van der Waals surface area contributed by atoms with Gasteiger partial charge >= 0.3 is 0 Å². The second-order valence-electron chi connectivity index (χ2n) is 7.86. The zero-order valence-electron chi connectivity index (χ0n) is 17.5. The highest BCUT2D eigenvalue weighted by Crippen LogP contribution is 2.22. The van der Waals surface area contributed by atoms with Crippen molar-refractivity contribution in [1.82, 2.24) is 19.8 Å². The predicted octanol–water partition coefficient (Wildman–Crippen LogP) is 3.18. The van der Waals surface area contributed by atoms with Crippen LogP contribution < -0.4 is 4.90 Å². The largest absolute Gasteiger partial charge is 0.338 e. The molecule has 0 atom stereocenters. The van der Waals surface area contributed by atoms with Gasteiger partial charge in [0.25, 0.3) is 0 Å². The monoisotopic (exact) mass is 469 g/mol. The fourth-order valence-electron chi connectivity index (χ4n) is 4.18. The van der Waals surface area contributed by atoms with Crippen LogP contribution >= 0.6 is 24.8 Å². The molecule has 2 aliphatic rings. The third kappa shape index (κ3) is 6.84. The van der Waals surface area contributed by atoms with E-state index in [1.807, 2.05) is 6.07 Å². The molecule has 4 rings (SSSR count). The molecule has 0 aliphatic carbocycles. The van der Waals surface area contributed by atoms with Crippen LogP contribution in [0.15, 0.2) is 42.7 Å². The number of nitrogens with zero attached hydrogens (tertiary/aromatic N) is 5. The summed E-state index contributed by atoms with van der Waals surface area (Å²) in [7, 11) is 0. The van der Waals surface area contributed by atoms with Gasteiger partial charge in [0.15, 0.2) is 5.78 Å². The van der Waals surface area contributed by atoms with Crippen molar-refractivity contribution in [3.63, 3.8) is 0 Å². The lowest BCUT2D eigenvalue weighted by Gasteiger charge is -2.37. The van der Waals surface area contributed by atoms with Crippen molar-refractivity contribution in [2.24, 2.45) is 5.92 Å². The molecule has 1 aromatic carbocycles. The molecule has 1 aromatic heterocycles. The number of anilines is 1. The number of carbonyl (C=O) groups excluding carboxylic acids is 1. The fourth-order valence-corrected chi connectivity index (χ4v) is 4.18. The number of rotatable bonds is 6. The molecule has 2 fully saturated rings. The first-order chi connectivity index (χ1) is 14.2. The van der Waals surface area contributed by atoms with Crippen LogP contribution in [-0.4, -0.2) is 77.9 Å². The molecule has 0 saturated carbocycles. The number of aromatic nitrogens is 2. The highest BCUT2D eigenvalue weighted by atomic mass is 35.5. The molecule has 0 amide bonds. The van der Waals surface area contributed by atoms with E-state index in [0.29, 0.717) is 5.56 Å². The van der Waals surface area contributed by atoms with Crippen molar-refractivity contribution in [2.45, 2.75) is 12.8 Å². The molecule has 9 heteroatoms. The zero-order valence-corrected chi connectivity index (χ0v) is 19.2. The SMILES string of the molecule is Cl.Cl.O=C(c1ccc(F)cc1)C1CCN(CCN2CCN(c3ncccn3)CC2)CC1. The Bertz CT molecular complexity index is 795. The Morgan fingerprint density at radius 2 is 1.42 bits per heavy atom. The van der Waals surface area contributed by atoms with Crippen LogP contribution in [0.5, 0.6) is 0 Å². The summed E-state index contributed by atoms with van der Waals surface area (Å²) in [5, 5.41) is 0. The lowest BCUT2D eigenvalue weighted by atomic mass is 9.89. The molecule has 0 N–H and O–H groups in total. The van der Waals surface area contributed by atoms with Crippen LogP contribution in [0.1, 0.15) is 23.2 Å². The van der Waals surface area contributed by atoms with Gasteiger partial charge in [-0.05, 0) is 56.3 Å². The summed E-state index contributed by atoms with van der Waals surface area (Å²) >= 11 is 0. The van der Waals surface area contributed by atoms with E-state index in [1.165, 1.54) is 12.1 Å². The zero-order chi connectivity index (χ0) is 20.1. The van der Waals surface area contributed by atoms with E-state index in [9.17, 15) is 9.18 Å². The Morgan fingerprint density at radius 1 is 0.871 bits per heavy atom. The molecular weight excluding hydrogens is 440 g/mol. The minimum absolute atomic E-state index is 0. The number of hydrogen-bond acceptors (Lipinski definition) is 6. The Hall–Kier alpha value is -1.80. The van der Waals surface area contributed by atoms with Crippen molar-refractivity contribution in [3.8, 4) is 0 Å². The summed E-state index contributed by atoms with van der Waals surface area (Å²) < 4.78 is 13.1. The summed E-state index contributed by atoms with van der Waals surface area (Å²) in [4.78, 5) is 28.5. The fraction of sp³-hybridized carbons (Fsp3) is 0.500. The lowest BCUT2D eigenvalue weighted by molar-refractivity contribution is 0.0828. The maximum absolute atomic E-state index is 13.1. The van der Waals surface area contributed by atoms with Gasteiger partial charge in [-0.3, -0.25) is 9.69 Å². The van der Waals surface area contributed by atoms with Crippen molar-refractivity contribution in [2.75, 3.05) is 57.3 Å². The van der Waals surface area contributed by atoms with Crippen molar-refractivity contribution < 1.29 is 9.18 Å². The molecule has 0 spiro atoms. The first-order valence-corrected chi connectivity index (χ1v) is 10.5. The highest BCUT2D eigenvalue weighted by molar-refractivity contribution is 5.97. The van der Waals surface area contributed by atoms with E-state index in [4.69, 9.17) is 0 Å². The van der Waals surface area contributed by atoms with Gasteiger partial charge in [0, 0.05) is 63.1 Å². The maximum atomic E-state index is 13.1. The molecular formula is C22H30Cl2FN5O. The summed E-state index contributed by atoms with van der Waals surface area (Å²) in [6.07, 6.45) is 5.35. The van der Waals surface area contributed by atoms with E-state index in [1.54, 1.807) is 24.5 Å². The van der Waals surface area contributed by atoms with Gasteiger partial charge in [-0.1, -0.05) is 0 Å². The maximum Gasteiger partial charge on any atom is 0.225 e. The number of likely N-dealkylation sites (tertiary alicyclic amines) is 1. The van der Waals surface area contributed by atoms with E-state index in [-0.39, 0.29) is 42.3 Å². The Balaban J connectivity index is 0.00000171. The Kier molecular flexibility index (Phi) is 10.1. The predicted molar refractivity (Wildman–Crippen MR) is 125 cm³/mol. The molecule has 3 heterocycles. The van der Waals surface area contributed by atoms with Crippen molar-refractivity contribution >= 4 is 36.5 Å². The summed E-state index contributed by atoms with van der Waals surface area (Å²) in [6, 6.07) is 7.78. The molecule has 2 aromatic rings. The molecule has 2 aliphatic heterocycles. The molecule has 31 heavy (non-hydrogen) atoms. The van der Waals surface area contributed by atoms with Gasteiger partial charge in [-0.2, -0.15) is 0 Å². The number of benzene rings is 1. The topological polar surface area (TPSA) is 52.6 Å². The first kappa shape index (κ1) is 25.5. The molecule has 170 valence electrons.